The number of hydrogen-bond donors (Lipinski definition) is 4. The number of benzene rings is 3. The largest absolute Gasteiger partial charge is 0.495 e. The molecule has 0 aliphatic carbocycles. The number of anilines is 6. The van der Waals surface area contributed by atoms with Gasteiger partial charge in [-0.1, -0.05) is 36.4 Å². The number of carbonyl (C=O) groups excluding carboxylic acids is 2. The summed E-state index contributed by atoms with van der Waals surface area (Å²) in [5.41, 5.74) is 7.04. The van der Waals surface area contributed by atoms with E-state index in [0.29, 0.717) is 60.6 Å². The molecule has 0 bridgehead atoms. The van der Waals surface area contributed by atoms with Crippen molar-refractivity contribution < 1.29 is 22.7 Å². The molecule has 1 atom stereocenters. The van der Waals surface area contributed by atoms with Gasteiger partial charge in [-0.25, -0.2) is 8.42 Å². The number of hydrogen-bond acceptors (Lipinski definition) is 12. The molecular formula is C44H52N10O5S. The van der Waals surface area contributed by atoms with E-state index in [1.165, 1.54) is 16.1 Å². The maximum atomic E-state index is 12.6. The van der Waals surface area contributed by atoms with Gasteiger partial charge in [-0.3, -0.25) is 24.1 Å². The van der Waals surface area contributed by atoms with Crippen LogP contribution in [0, 0.1) is 0 Å². The first-order chi connectivity index (χ1) is 29.1. The molecule has 1 unspecified atom stereocenters. The second kappa shape index (κ2) is 16.7. The Labute approximate surface area is 350 Å². The molecule has 0 radical (unpaired) electrons. The minimum Gasteiger partial charge on any atom is -0.495 e. The highest BCUT2D eigenvalue weighted by Crippen LogP contribution is 2.40. The molecular weight excluding hydrogens is 781 g/mol. The van der Waals surface area contributed by atoms with E-state index in [4.69, 9.17) is 14.7 Å². The monoisotopic (exact) mass is 832 g/mol. The fourth-order valence-corrected chi connectivity index (χ4v) is 10.2. The molecule has 2 aromatic heterocycles. The third-order valence-electron chi connectivity index (χ3n) is 12.5. The van der Waals surface area contributed by atoms with Crippen LogP contribution in [0.15, 0.2) is 72.9 Å². The number of piperidine rings is 2. The van der Waals surface area contributed by atoms with Crippen LogP contribution < -0.4 is 29.9 Å². The van der Waals surface area contributed by atoms with Crippen LogP contribution in [0.5, 0.6) is 5.75 Å². The number of fused-ring (bicyclic) bond motifs is 2. The number of para-hydroxylation sites is 1. The summed E-state index contributed by atoms with van der Waals surface area (Å²) in [5.74, 6) is 1.11. The Kier molecular flexibility index (Phi) is 11.1. The Bertz CT molecular complexity index is 2490. The first kappa shape index (κ1) is 39.7. The number of amides is 2. The lowest BCUT2D eigenvalue weighted by Crippen LogP contribution is -2.53. The molecule has 0 saturated carbocycles. The van der Waals surface area contributed by atoms with Crippen molar-refractivity contribution in [1.29, 1.82) is 0 Å². The highest BCUT2D eigenvalue weighted by atomic mass is 32.2. The van der Waals surface area contributed by atoms with Gasteiger partial charge in [0, 0.05) is 82.8 Å². The average molecular weight is 833 g/mol. The van der Waals surface area contributed by atoms with Gasteiger partial charge in [0.05, 0.1) is 41.7 Å². The Balaban J connectivity index is 0.784. The second-order valence-corrected chi connectivity index (χ2v) is 18.2. The van der Waals surface area contributed by atoms with Gasteiger partial charge in [0.1, 0.15) is 17.2 Å². The lowest BCUT2D eigenvalue weighted by Gasteiger charge is -2.43. The molecule has 4 N–H and O–H groups in total. The number of methoxy groups -OCH3 is 1. The number of ether oxygens (including phenoxy) is 1. The van der Waals surface area contributed by atoms with Gasteiger partial charge in [0.15, 0.2) is 0 Å². The minimum atomic E-state index is -3.44. The van der Waals surface area contributed by atoms with E-state index < -0.39 is 10.0 Å². The SMILES string of the molecule is COc1cc(Nc2nc(Nc3cccc4c3N(S(C)(=O)=O)CC4)c3cc[nH]c3n2)ccc1N1CCC(N2CCN(CCc3ccc(C4CCC(=O)NC4=O)cc3)CC2)CC1. The summed E-state index contributed by atoms with van der Waals surface area (Å²) in [7, 11) is -1.74. The number of nitrogens with one attached hydrogen (secondary N) is 4. The van der Waals surface area contributed by atoms with Gasteiger partial charge in [0.25, 0.3) is 0 Å². The molecule has 60 heavy (non-hydrogen) atoms. The van der Waals surface area contributed by atoms with Crippen LogP contribution in [-0.4, -0.2) is 117 Å². The maximum absolute atomic E-state index is 12.6. The normalized spacial score (nSPS) is 19.4. The summed E-state index contributed by atoms with van der Waals surface area (Å²) < 4.78 is 32.6. The molecule has 3 saturated heterocycles. The van der Waals surface area contributed by atoms with Gasteiger partial charge in [-0.05, 0) is 73.1 Å². The van der Waals surface area contributed by atoms with Crippen molar-refractivity contribution in [1.82, 2.24) is 30.1 Å². The van der Waals surface area contributed by atoms with Crippen LogP contribution >= 0.6 is 0 Å². The van der Waals surface area contributed by atoms with Crippen LogP contribution in [0.2, 0.25) is 0 Å². The lowest BCUT2D eigenvalue weighted by atomic mass is 9.90. The standard InChI is InChI=1S/C44H52N10O5S/c1-59-38-28-32(46-44-49-41-35(14-19-45-41)42(50-44)47-36-5-3-4-31-16-23-54(40(31)36)60(2,57)58)10-12-37(38)53-21-17-33(18-22-53)52-26-24-51(25-27-52)20-15-29-6-8-30(9-7-29)34-11-13-39(55)48-43(34)56/h3-10,12,14,19,28,33-34H,11,13,15-18,20-27H2,1-2H3,(H,48,55,56)(H3,45,46,47,49,50). The first-order valence-corrected chi connectivity index (χ1v) is 22.7. The summed E-state index contributed by atoms with van der Waals surface area (Å²) in [5, 5.41) is 10.0. The zero-order chi connectivity index (χ0) is 41.4. The summed E-state index contributed by atoms with van der Waals surface area (Å²) in [6.07, 6.45) is 7.83. The van der Waals surface area contributed by atoms with Crippen LogP contribution in [-0.2, 0) is 32.5 Å². The Morgan fingerprint density at radius 2 is 1.67 bits per heavy atom. The lowest BCUT2D eigenvalue weighted by molar-refractivity contribution is -0.134. The predicted octanol–water partition coefficient (Wildman–Crippen LogP) is 5.13. The summed E-state index contributed by atoms with van der Waals surface area (Å²) in [4.78, 5) is 44.2. The Morgan fingerprint density at radius 3 is 2.42 bits per heavy atom. The van der Waals surface area contributed by atoms with Crippen molar-refractivity contribution in [2.75, 3.05) is 85.6 Å². The van der Waals surface area contributed by atoms with E-state index in [-0.39, 0.29) is 17.7 Å². The Morgan fingerprint density at radius 1 is 0.867 bits per heavy atom. The van der Waals surface area contributed by atoms with E-state index in [1.807, 2.05) is 54.7 Å². The van der Waals surface area contributed by atoms with Gasteiger partial charge in [0.2, 0.25) is 27.8 Å². The summed E-state index contributed by atoms with van der Waals surface area (Å²) >= 11 is 0. The summed E-state index contributed by atoms with van der Waals surface area (Å²) in [6.45, 7) is 7.59. The van der Waals surface area contributed by atoms with Crippen molar-refractivity contribution in [3.8, 4) is 5.75 Å². The number of H-pyrrole nitrogens is 1. The fourth-order valence-electron chi connectivity index (χ4n) is 9.26. The van der Waals surface area contributed by atoms with Crippen molar-refractivity contribution >= 4 is 67.4 Å². The number of imide groups is 1. The average Bonchev–Trinajstić information content (AvgIpc) is 3.93. The van der Waals surface area contributed by atoms with Crippen LogP contribution in [0.1, 0.15) is 48.3 Å². The van der Waals surface area contributed by atoms with E-state index in [9.17, 15) is 18.0 Å². The zero-order valence-electron chi connectivity index (χ0n) is 34.1. The number of rotatable bonds is 12. The number of piperazine rings is 1. The van der Waals surface area contributed by atoms with Crippen molar-refractivity contribution in [3.63, 3.8) is 0 Å². The molecule has 3 fully saturated rings. The number of aromatic amines is 1. The smallest absolute Gasteiger partial charge is 0.234 e. The highest BCUT2D eigenvalue weighted by Gasteiger charge is 2.31. The molecule has 16 heteroatoms. The molecule has 6 heterocycles. The predicted molar refractivity (Wildman–Crippen MR) is 234 cm³/mol. The number of carbonyl (C=O) groups is 2. The minimum absolute atomic E-state index is 0.180. The molecule has 314 valence electrons. The second-order valence-electron chi connectivity index (χ2n) is 16.3. The molecule has 2 amide bonds. The maximum Gasteiger partial charge on any atom is 0.234 e. The third-order valence-corrected chi connectivity index (χ3v) is 13.7. The Hall–Kier alpha value is -5.71. The molecule has 3 aromatic carbocycles. The highest BCUT2D eigenvalue weighted by molar-refractivity contribution is 7.92. The van der Waals surface area contributed by atoms with Crippen molar-refractivity contribution in [3.05, 3.63) is 89.6 Å². The van der Waals surface area contributed by atoms with Gasteiger partial charge in [-0.2, -0.15) is 9.97 Å². The molecule has 0 spiro atoms. The number of sulfonamides is 1. The van der Waals surface area contributed by atoms with E-state index in [0.717, 1.165) is 98.7 Å². The fraction of sp³-hybridized carbons (Fsp3) is 0.409. The summed E-state index contributed by atoms with van der Waals surface area (Å²) in [6, 6.07) is 22.7. The van der Waals surface area contributed by atoms with Crippen LogP contribution in [0.4, 0.5) is 34.5 Å². The van der Waals surface area contributed by atoms with Gasteiger partial charge < -0.3 is 30.2 Å². The van der Waals surface area contributed by atoms with Gasteiger partial charge in [-0.15, -0.1) is 0 Å². The van der Waals surface area contributed by atoms with E-state index in [2.05, 4.69) is 53.8 Å². The topological polar surface area (TPSA) is 168 Å². The van der Waals surface area contributed by atoms with Crippen molar-refractivity contribution in [2.24, 2.45) is 0 Å². The first-order valence-electron chi connectivity index (χ1n) is 20.9. The quantitative estimate of drug-likeness (QED) is 0.123. The van der Waals surface area contributed by atoms with E-state index >= 15 is 0 Å². The third kappa shape index (κ3) is 8.36. The molecule has 5 aromatic rings. The van der Waals surface area contributed by atoms with Crippen LogP contribution in [0.3, 0.4) is 0 Å². The molecule has 15 nitrogen and oxygen atoms in total. The molecule has 9 rings (SSSR count). The van der Waals surface area contributed by atoms with Crippen LogP contribution in [0.25, 0.3) is 11.0 Å². The van der Waals surface area contributed by atoms with Crippen molar-refractivity contribution in [2.45, 2.75) is 50.5 Å². The van der Waals surface area contributed by atoms with Gasteiger partial charge >= 0.3 is 0 Å². The zero-order valence-corrected chi connectivity index (χ0v) is 34.9. The molecule has 4 aliphatic heterocycles. The number of aromatic nitrogens is 3. The molecule has 4 aliphatic rings. The number of nitrogens with zero attached hydrogens (tertiary/aromatic N) is 6. The van der Waals surface area contributed by atoms with E-state index in [1.54, 1.807) is 7.11 Å².